The molecule has 0 spiro atoms. The van der Waals surface area contributed by atoms with Crippen molar-refractivity contribution in [3.05, 3.63) is 23.8 Å². The minimum Gasteiger partial charge on any atom is -0.495 e. The minimum absolute atomic E-state index is 0.0226. The number of sulfonamides is 1. The van der Waals surface area contributed by atoms with Crippen LogP contribution in [0.4, 0.5) is 0 Å². The normalized spacial score (nSPS) is 11.8. The van der Waals surface area contributed by atoms with Crippen molar-refractivity contribution in [2.75, 3.05) is 7.11 Å². The number of hydrogen-bond acceptors (Lipinski definition) is 3. The van der Waals surface area contributed by atoms with Crippen molar-refractivity contribution in [3.8, 4) is 5.75 Å². The van der Waals surface area contributed by atoms with Crippen molar-refractivity contribution < 1.29 is 13.2 Å². The van der Waals surface area contributed by atoms with E-state index < -0.39 is 10.0 Å². The summed E-state index contributed by atoms with van der Waals surface area (Å²) in [6.07, 6.45) is 0. The Morgan fingerprint density at radius 2 is 1.93 bits per heavy atom. The van der Waals surface area contributed by atoms with Gasteiger partial charge in [-0.1, -0.05) is 19.9 Å². The van der Waals surface area contributed by atoms with Gasteiger partial charge >= 0.3 is 0 Å². The predicted octanol–water partition coefficient (Wildman–Crippen LogP) is 1.47. The fourth-order valence-electron chi connectivity index (χ4n) is 1.28. The summed E-state index contributed by atoms with van der Waals surface area (Å²) in [4.78, 5) is 0.0226. The van der Waals surface area contributed by atoms with Gasteiger partial charge in [0.15, 0.2) is 0 Å². The van der Waals surface area contributed by atoms with E-state index in [1.165, 1.54) is 13.2 Å². The molecular weight excluding hydrogens is 214 g/mol. The van der Waals surface area contributed by atoms with Gasteiger partial charge in [0.1, 0.15) is 10.6 Å². The molecule has 0 bridgehead atoms. The summed E-state index contributed by atoms with van der Waals surface area (Å²) >= 11 is 0. The summed E-state index contributed by atoms with van der Waals surface area (Å²) in [5.41, 5.74) is 1.01. The average Bonchev–Trinajstić information content (AvgIpc) is 2.15. The van der Waals surface area contributed by atoms with Crippen LogP contribution in [0.1, 0.15) is 25.3 Å². The molecule has 4 nitrogen and oxygen atoms in total. The zero-order valence-corrected chi connectivity index (χ0v) is 9.84. The molecule has 0 aliphatic carbocycles. The Labute approximate surface area is 90.1 Å². The smallest absolute Gasteiger partial charge is 0.241 e. The summed E-state index contributed by atoms with van der Waals surface area (Å²) in [5.74, 6) is 0.608. The van der Waals surface area contributed by atoms with E-state index in [4.69, 9.17) is 9.88 Å². The Hall–Kier alpha value is -1.07. The van der Waals surface area contributed by atoms with E-state index in [-0.39, 0.29) is 4.90 Å². The third-order valence-corrected chi connectivity index (χ3v) is 3.11. The molecule has 84 valence electrons. The molecule has 1 aromatic carbocycles. The maximum absolute atomic E-state index is 11.2. The van der Waals surface area contributed by atoms with Crippen LogP contribution in [0.2, 0.25) is 0 Å². The highest BCUT2D eigenvalue weighted by molar-refractivity contribution is 7.89. The highest BCUT2D eigenvalue weighted by Gasteiger charge is 2.15. The maximum Gasteiger partial charge on any atom is 0.241 e. The molecule has 0 aliphatic heterocycles. The Morgan fingerprint density at radius 1 is 1.33 bits per heavy atom. The first-order chi connectivity index (χ1) is 6.86. The molecule has 0 saturated heterocycles. The molecule has 0 unspecified atom stereocenters. The summed E-state index contributed by atoms with van der Waals surface area (Å²) in [7, 11) is -2.29. The second kappa shape index (κ2) is 4.20. The molecule has 15 heavy (non-hydrogen) atoms. The summed E-state index contributed by atoms with van der Waals surface area (Å²) in [6.45, 7) is 4.04. The van der Waals surface area contributed by atoms with Crippen LogP contribution in [0.25, 0.3) is 0 Å². The van der Waals surface area contributed by atoms with Gasteiger partial charge in [-0.05, 0) is 23.6 Å². The monoisotopic (exact) mass is 229 g/mol. The van der Waals surface area contributed by atoms with Gasteiger partial charge < -0.3 is 4.74 Å². The summed E-state index contributed by atoms with van der Waals surface area (Å²) in [5, 5.41) is 5.05. The summed E-state index contributed by atoms with van der Waals surface area (Å²) < 4.78 is 27.4. The van der Waals surface area contributed by atoms with Gasteiger partial charge in [-0.3, -0.25) is 0 Å². The standard InChI is InChI=1S/C10H15NO3S/c1-7(2)8-4-5-10(15(11,12)13)9(6-8)14-3/h4-7H,1-3H3,(H2,11,12,13). The van der Waals surface area contributed by atoms with Crippen LogP contribution in [0, 0.1) is 0 Å². The molecule has 0 heterocycles. The topological polar surface area (TPSA) is 69.4 Å². The zero-order chi connectivity index (χ0) is 11.6. The SMILES string of the molecule is COc1cc(C(C)C)ccc1S(N)(=O)=O. The van der Waals surface area contributed by atoms with Crippen molar-refractivity contribution in [1.82, 2.24) is 0 Å². The largest absolute Gasteiger partial charge is 0.495 e. The molecule has 0 aromatic heterocycles. The number of rotatable bonds is 3. The molecular formula is C10H15NO3S. The molecule has 0 radical (unpaired) electrons. The highest BCUT2D eigenvalue weighted by Crippen LogP contribution is 2.27. The third-order valence-electron chi connectivity index (χ3n) is 2.16. The first kappa shape index (κ1) is 12.0. The molecule has 0 atom stereocenters. The fraction of sp³-hybridized carbons (Fsp3) is 0.400. The average molecular weight is 229 g/mol. The van der Waals surface area contributed by atoms with Crippen LogP contribution in [-0.4, -0.2) is 15.5 Å². The Kier molecular flexibility index (Phi) is 3.36. The van der Waals surface area contributed by atoms with Crippen LogP contribution < -0.4 is 9.88 Å². The molecule has 2 N–H and O–H groups in total. The van der Waals surface area contributed by atoms with E-state index in [1.54, 1.807) is 12.1 Å². The van der Waals surface area contributed by atoms with Gasteiger partial charge in [0.2, 0.25) is 10.0 Å². The van der Waals surface area contributed by atoms with Crippen LogP contribution in [0.5, 0.6) is 5.75 Å². The molecule has 0 aliphatic rings. The Morgan fingerprint density at radius 3 is 2.33 bits per heavy atom. The quantitative estimate of drug-likeness (QED) is 0.853. The summed E-state index contributed by atoms with van der Waals surface area (Å²) in [6, 6.07) is 4.92. The van der Waals surface area contributed by atoms with Crippen molar-refractivity contribution in [3.63, 3.8) is 0 Å². The predicted molar refractivity (Wildman–Crippen MR) is 58.5 cm³/mol. The Balaban J connectivity index is 3.34. The second-order valence-electron chi connectivity index (χ2n) is 3.61. The van der Waals surface area contributed by atoms with Crippen molar-refractivity contribution >= 4 is 10.0 Å². The lowest BCUT2D eigenvalue weighted by Gasteiger charge is -2.10. The number of methoxy groups -OCH3 is 1. The van der Waals surface area contributed by atoms with Gasteiger partial charge in [-0.2, -0.15) is 0 Å². The lowest BCUT2D eigenvalue weighted by molar-refractivity contribution is 0.402. The van der Waals surface area contributed by atoms with E-state index in [0.29, 0.717) is 11.7 Å². The van der Waals surface area contributed by atoms with Crippen molar-refractivity contribution in [1.29, 1.82) is 0 Å². The number of nitrogens with two attached hydrogens (primary N) is 1. The van der Waals surface area contributed by atoms with Gasteiger partial charge in [-0.15, -0.1) is 0 Å². The molecule has 0 amide bonds. The third kappa shape index (κ3) is 2.70. The van der Waals surface area contributed by atoms with Crippen LogP contribution in [0.15, 0.2) is 23.1 Å². The fourth-order valence-corrected chi connectivity index (χ4v) is 1.96. The Bertz CT molecular complexity index is 452. The van der Waals surface area contributed by atoms with Crippen LogP contribution in [-0.2, 0) is 10.0 Å². The molecule has 1 rings (SSSR count). The highest BCUT2D eigenvalue weighted by atomic mass is 32.2. The van der Waals surface area contributed by atoms with Crippen LogP contribution >= 0.6 is 0 Å². The molecule has 0 fully saturated rings. The zero-order valence-electron chi connectivity index (χ0n) is 9.02. The van der Waals surface area contributed by atoms with Gasteiger partial charge in [0.05, 0.1) is 7.11 Å². The van der Waals surface area contributed by atoms with Gasteiger partial charge in [0.25, 0.3) is 0 Å². The van der Waals surface area contributed by atoms with E-state index in [2.05, 4.69) is 0 Å². The van der Waals surface area contributed by atoms with Crippen LogP contribution in [0.3, 0.4) is 0 Å². The lowest BCUT2D eigenvalue weighted by Crippen LogP contribution is -2.13. The molecule has 0 saturated carbocycles. The lowest BCUT2D eigenvalue weighted by atomic mass is 10.0. The second-order valence-corrected chi connectivity index (χ2v) is 5.14. The van der Waals surface area contributed by atoms with E-state index in [9.17, 15) is 8.42 Å². The number of ether oxygens (including phenoxy) is 1. The molecule has 5 heteroatoms. The minimum atomic E-state index is -3.71. The van der Waals surface area contributed by atoms with E-state index in [1.807, 2.05) is 13.8 Å². The van der Waals surface area contributed by atoms with E-state index in [0.717, 1.165) is 5.56 Å². The van der Waals surface area contributed by atoms with Gasteiger partial charge in [0, 0.05) is 0 Å². The number of primary sulfonamides is 1. The van der Waals surface area contributed by atoms with Crippen molar-refractivity contribution in [2.45, 2.75) is 24.7 Å². The molecule has 1 aromatic rings. The number of benzene rings is 1. The van der Waals surface area contributed by atoms with E-state index >= 15 is 0 Å². The first-order valence-electron chi connectivity index (χ1n) is 4.57. The maximum atomic E-state index is 11.2. The number of hydrogen-bond donors (Lipinski definition) is 1. The van der Waals surface area contributed by atoms with Gasteiger partial charge in [-0.25, -0.2) is 13.6 Å². The first-order valence-corrected chi connectivity index (χ1v) is 6.11. The van der Waals surface area contributed by atoms with Crippen molar-refractivity contribution in [2.24, 2.45) is 5.14 Å².